The Hall–Kier alpha value is -3.02. The van der Waals surface area contributed by atoms with E-state index in [0.717, 1.165) is 0 Å². The zero-order chi connectivity index (χ0) is 22.9. The lowest BCUT2D eigenvalue weighted by Gasteiger charge is -2.27. The van der Waals surface area contributed by atoms with E-state index < -0.39 is 36.0 Å². The molecule has 0 bridgehead atoms. The molecular weight excluding hydrogens is 411 g/mol. The molecule has 2 aromatic rings. The number of esters is 2. The van der Waals surface area contributed by atoms with Crippen molar-refractivity contribution >= 4 is 34.9 Å². The number of nitrogens with two attached hydrogens (primary N) is 1. The lowest BCUT2D eigenvalue weighted by molar-refractivity contribution is -0.159. The third-order valence-corrected chi connectivity index (χ3v) is 4.89. The number of carbonyl (C=O) groups is 2. The minimum atomic E-state index is -2.19. The van der Waals surface area contributed by atoms with Gasteiger partial charge in [-0.1, -0.05) is 13.8 Å². The van der Waals surface area contributed by atoms with Crippen LogP contribution in [0.3, 0.4) is 0 Å². The van der Waals surface area contributed by atoms with Crippen molar-refractivity contribution in [2.24, 2.45) is 5.92 Å². The number of hydrogen-bond donors (Lipinski definition) is 2. The number of alkyl halides is 1. The van der Waals surface area contributed by atoms with Gasteiger partial charge in [-0.2, -0.15) is 9.97 Å². The zero-order valence-corrected chi connectivity index (χ0v) is 18.1. The molecule has 1 aliphatic rings. The van der Waals surface area contributed by atoms with Gasteiger partial charge in [0, 0.05) is 20.4 Å². The average Bonchev–Trinajstić information content (AvgIpc) is 3.17. The van der Waals surface area contributed by atoms with Gasteiger partial charge in [-0.15, -0.1) is 0 Å². The summed E-state index contributed by atoms with van der Waals surface area (Å²) < 4.78 is 33.7. The van der Waals surface area contributed by atoms with Crippen molar-refractivity contribution in [2.75, 3.05) is 24.7 Å². The highest BCUT2D eigenvalue weighted by molar-refractivity contribution is 5.84. The summed E-state index contributed by atoms with van der Waals surface area (Å²) in [6.45, 7) is 5.90. The van der Waals surface area contributed by atoms with E-state index in [0.29, 0.717) is 11.3 Å². The fourth-order valence-corrected chi connectivity index (χ4v) is 3.55. The van der Waals surface area contributed by atoms with E-state index in [4.69, 9.17) is 19.9 Å². The summed E-state index contributed by atoms with van der Waals surface area (Å²) in [5, 5.41) is 2.86. The van der Waals surface area contributed by atoms with Crippen molar-refractivity contribution in [1.82, 2.24) is 19.5 Å². The molecule has 4 atom stereocenters. The van der Waals surface area contributed by atoms with Gasteiger partial charge in [0.15, 0.2) is 35.0 Å². The predicted molar refractivity (Wildman–Crippen MR) is 109 cm³/mol. The van der Waals surface area contributed by atoms with Crippen LogP contribution in [0, 0.1) is 5.92 Å². The molecule has 2 aromatic heterocycles. The molecule has 170 valence electrons. The highest BCUT2D eigenvalue weighted by atomic mass is 19.1. The van der Waals surface area contributed by atoms with Gasteiger partial charge in [-0.25, -0.2) is 9.37 Å². The Kier molecular flexibility index (Phi) is 6.30. The van der Waals surface area contributed by atoms with E-state index >= 15 is 4.39 Å². The summed E-state index contributed by atoms with van der Waals surface area (Å²) in [4.78, 5) is 36.0. The minimum Gasteiger partial charge on any atom is -0.463 e. The molecule has 3 N–H and O–H groups in total. The molecule has 3 rings (SSSR count). The maximum absolute atomic E-state index is 16.0. The number of hydrogen-bond acceptors (Lipinski definition) is 10. The van der Waals surface area contributed by atoms with Crippen molar-refractivity contribution in [1.29, 1.82) is 0 Å². The van der Waals surface area contributed by atoms with Gasteiger partial charge in [0.2, 0.25) is 5.95 Å². The van der Waals surface area contributed by atoms with E-state index in [1.165, 1.54) is 24.7 Å². The van der Waals surface area contributed by atoms with Crippen LogP contribution in [0.4, 0.5) is 16.2 Å². The molecule has 31 heavy (non-hydrogen) atoms. The zero-order valence-electron chi connectivity index (χ0n) is 18.1. The fraction of sp³-hybridized carbons (Fsp3) is 0.632. The van der Waals surface area contributed by atoms with Gasteiger partial charge >= 0.3 is 11.9 Å². The van der Waals surface area contributed by atoms with Crippen LogP contribution in [0.5, 0.6) is 0 Å². The number of ether oxygens (including phenoxy) is 3. The van der Waals surface area contributed by atoms with Crippen molar-refractivity contribution in [3.05, 3.63) is 6.33 Å². The number of nitrogen functional groups attached to an aromatic ring is 1. The van der Waals surface area contributed by atoms with E-state index in [2.05, 4.69) is 20.3 Å². The molecule has 0 aromatic carbocycles. The topological polar surface area (TPSA) is 143 Å². The van der Waals surface area contributed by atoms with E-state index in [1.54, 1.807) is 7.05 Å². The Morgan fingerprint density at radius 2 is 2.13 bits per heavy atom. The molecule has 0 amide bonds. The number of carbonyl (C=O) groups excluding carboxylic acids is 2. The molecule has 1 fully saturated rings. The number of anilines is 2. The smallest absolute Gasteiger partial charge is 0.306 e. The number of fused-ring (bicyclic) bond motifs is 1. The van der Waals surface area contributed by atoms with Crippen molar-refractivity contribution < 1.29 is 28.2 Å². The van der Waals surface area contributed by atoms with Crippen LogP contribution in [0.2, 0.25) is 0 Å². The second kappa shape index (κ2) is 8.61. The Morgan fingerprint density at radius 3 is 2.74 bits per heavy atom. The van der Waals surface area contributed by atoms with Crippen LogP contribution in [-0.2, 0) is 23.8 Å². The molecule has 3 heterocycles. The van der Waals surface area contributed by atoms with Crippen molar-refractivity contribution in [3.8, 4) is 0 Å². The Balaban J connectivity index is 1.94. The van der Waals surface area contributed by atoms with Crippen LogP contribution in [0.1, 0.15) is 40.3 Å². The second-order valence-electron chi connectivity index (χ2n) is 7.99. The van der Waals surface area contributed by atoms with Crippen molar-refractivity contribution in [2.45, 2.75) is 58.2 Å². The lowest BCUT2D eigenvalue weighted by atomic mass is 9.98. The SMILES string of the molecule is CNc1nc(N)nc2c1ncn2[C@@H]1O[C@H](COC(=O)CC(C)C)[C@@H](OC(C)=O)[C@@]1(C)F. The molecule has 0 saturated carbocycles. The number of rotatable bonds is 7. The van der Waals surface area contributed by atoms with E-state index in [9.17, 15) is 9.59 Å². The Labute approximate surface area is 178 Å². The highest BCUT2D eigenvalue weighted by Crippen LogP contribution is 2.44. The Bertz CT molecular complexity index is 978. The van der Waals surface area contributed by atoms with Crippen LogP contribution in [0.25, 0.3) is 11.2 Å². The first-order chi connectivity index (χ1) is 14.5. The van der Waals surface area contributed by atoms with E-state index in [-0.39, 0.29) is 30.5 Å². The van der Waals surface area contributed by atoms with Crippen LogP contribution in [-0.4, -0.2) is 63.0 Å². The van der Waals surface area contributed by atoms with Gasteiger partial charge in [0.25, 0.3) is 0 Å². The van der Waals surface area contributed by atoms with Gasteiger partial charge in [0.05, 0.1) is 6.33 Å². The first-order valence-electron chi connectivity index (χ1n) is 9.89. The number of nitrogens with zero attached hydrogens (tertiary/aromatic N) is 4. The number of aromatic nitrogens is 4. The molecule has 1 aliphatic heterocycles. The first kappa shape index (κ1) is 22.7. The maximum Gasteiger partial charge on any atom is 0.306 e. The standard InChI is InChI=1S/C19H27FN6O5/c1-9(2)6-12(28)29-7-11-14(30-10(3)27)19(4,20)17(31-11)26-8-23-13-15(22-5)24-18(21)25-16(13)26/h8-9,11,14,17H,6-7H2,1-5H3,(H3,21,22,24,25)/t11-,14-,17-,19-/m1/s1. The van der Waals surface area contributed by atoms with Crippen LogP contribution < -0.4 is 11.1 Å². The number of nitrogens with one attached hydrogen (secondary N) is 1. The molecule has 0 radical (unpaired) electrons. The minimum absolute atomic E-state index is 0.0344. The van der Waals surface area contributed by atoms with Gasteiger partial charge in [-0.3, -0.25) is 14.2 Å². The third-order valence-electron chi connectivity index (χ3n) is 4.89. The molecule has 0 aliphatic carbocycles. The van der Waals surface area contributed by atoms with Crippen LogP contribution >= 0.6 is 0 Å². The van der Waals surface area contributed by atoms with Crippen LogP contribution in [0.15, 0.2) is 6.33 Å². The normalized spacial score (nSPS) is 25.7. The molecule has 0 unspecified atom stereocenters. The summed E-state index contributed by atoms with van der Waals surface area (Å²) >= 11 is 0. The average molecular weight is 438 g/mol. The molecule has 11 nitrogen and oxygen atoms in total. The summed E-state index contributed by atoms with van der Waals surface area (Å²) in [5.74, 6) is -0.694. The number of halogens is 1. The third kappa shape index (κ3) is 4.53. The molecule has 12 heteroatoms. The Morgan fingerprint density at radius 1 is 1.42 bits per heavy atom. The summed E-state index contributed by atoms with van der Waals surface area (Å²) in [5.41, 5.74) is 4.19. The maximum atomic E-state index is 16.0. The highest BCUT2D eigenvalue weighted by Gasteiger charge is 2.58. The monoisotopic (exact) mass is 438 g/mol. The molecule has 1 saturated heterocycles. The van der Waals surface area contributed by atoms with E-state index in [1.807, 2.05) is 13.8 Å². The van der Waals surface area contributed by atoms with Gasteiger partial charge < -0.3 is 25.3 Å². The lowest BCUT2D eigenvalue weighted by Crippen LogP contribution is -2.44. The number of imidazole rings is 1. The van der Waals surface area contributed by atoms with Gasteiger partial charge in [-0.05, 0) is 12.8 Å². The van der Waals surface area contributed by atoms with Crippen molar-refractivity contribution in [3.63, 3.8) is 0 Å². The second-order valence-corrected chi connectivity index (χ2v) is 7.99. The van der Waals surface area contributed by atoms with Gasteiger partial charge in [0.1, 0.15) is 12.7 Å². The first-order valence-corrected chi connectivity index (χ1v) is 9.89. The largest absolute Gasteiger partial charge is 0.463 e. The molecular formula is C19H27FN6O5. The summed E-state index contributed by atoms with van der Waals surface area (Å²) in [6, 6.07) is 0. The quantitative estimate of drug-likeness (QED) is 0.612. The summed E-state index contributed by atoms with van der Waals surface area (Å²) in [6.07, 6.45) is -2.06. The molecule has 0 spiro atoms. The predicted octanol–water partition coefficient (Wildman–Crippen LogP) is 1.60. The fourth-order valence-electron chi connectivity index (χ4n) is 3.55. The summed E-state index contributed by atoms with van der Waals surface area (Å²) in [7, 11) is 1.64.